The Bertz CT molecular complexity index is 402. The van der Waals surface area contributed by atoms with Gasteiger partial charge < -0.3 is 6.41 Å². The van der Waals surface area contributed by atoms with E-state index >= 15 is 0 Å². The summed E-state index contributed by atoms with van der Waals surface area (Å²) in [4.78, 5) is 17.0. The number of hydrogen-bond donors (Lipinski definition) is 2. The number of H-pyrrole nitrogens is 2. The Morgan fingerprint density at radius 1 is 1.43 bits per heavy atom. The van der Waals surface area contributed by atoms with Crippen LogP contribution in [-0.4, -0.2) is 9.97 Å². The van der Waals surface area contributed by atoms with Crippen molar-refractivity contribution < 1.29 is 31.0 Å². The molecule has 74 valence electrons. The number of nitrogens with one attached hydrogen (secondary N) is 2. The zero-order valence-electron chi connectivity index (χ0n) is 9.94. The Morgan fingerprint density at radius 2 is 2.07 bits per heavy atom. The van der Waals surface area contributed by atoms with Crippen LogP contribution in [0.15, 0.2) is 4.79 Å². The first kappa shape index (κ1) is 14.1. The van der Waals surface area contributed by atoms with E-state index in [-0.39, 0.29) is 36.5 Å². The molecule has 5 heteroatoms. The van der Waals surface area contributed by atoms with Gasteiger partial charge in [0, 0.05) is 11.3 Å². The first-order chi connectivity index (χ1) is 6.15. The van der Waals surface area contributed by atoms with Crippen molar-refractivity contribution in [1.29, 1.82) is 0 Å². The van der Waals surface area contributed by atoms with Crippen molar-refractivity contribution >= 4 is 12.2 Å². The third-order valence-corrected chi connectivity index (χ3v) is 2.24. The van der Waals surface area contributed by atoms with Crippen LogP contribution in [0.2, 0.25) is 0 Å². The summed E-state index contributed by atoms with van der Waals surface area (Å²) in [6.07, 6.45) is 2.95. The van der Waals surface area contributed by atoms with Crippen LogP contribution in [0.5, 0.6) is 0 Å². The Morgan fingerprint density at radius 3 is 2.57 bits per heavy atom. The number of aryl methyl sites for hydroxylation is 1. The summed E-state index contributed by atoms with van der Waals surface area (Å²) in [6, 6.07) is 0. The van der Waals surface area contributed by atoms with E-state index in [0.29, 0.717) is 4.77 Å². The maximum absolute atomic E-state index is 11.4. The number of unbranched alkanes of at least 4 members (excludes halogenated alkanes) is 1. The molecule has 0 aromatic carbocycles. The van der Waals surface area contributed by atoms with Gasteiger partial charge in [0.05, 0.1) is 0 Å². The summed E-state index contributed by atoms with van der Waals surface area (Å²) in [5.74, 6) is 0. The van der Waals surface area contributed by atoms with Gasteiger partial charge in [-0.3, -0.25) is 9.78 Å². The van der Waals surface area contributed by atoms with Gasteiger partial charge in [-0.2, -0.15) is 0 Å². The number of hydrogen-bond acceptors (Lipinski definition) is 2. The van der Waals surface area contributed by atoms with Crippen molar-refractivity contribution in [2.75, 3.05) is 0 Å². The molecule has 0 aliphatic rings. The van der Waals surface area contributed by atoms with Gasteiger partial charge in [0.1, 0.15) is 0 Å². The molecule has 0 spiro atoms. The molecule has 0 amide bonds. The zero-order valence-corrected chi connectivity index (χ0v) is 11.8. The van der Waals surface area contributed by atoms with E-state index in [4.69, 9.17) is 12.2 Å². The maximum Gasteiger partial charge on any atom is 1.00 e. The standard InChI is InChI=1S/C9H14N2OS.Na.H/c1-3-4-5-7-6(2)10-9(13)11-8(7)12;;/h3-5H2,1-2H3,(H2,10,11,12,13);;/q;+1;-1. The normalized spacial score (nSPS) is 9.57. The minimum Gasteiger partial charge on any atom is -1.00 e. The second-order valence-corrected chi connectivity index (χ2v) is 3.52. The summed E-state index contributed by atoms with van der Waals surface area (Å²) in [5, 5.41) is 0. The molecule has 0 radical (unpaired) electrons. The summed E-state index contributed by atoms with van der Waals surface area (Å²) < 4.78 is 0.405. The molecular formula is C9H15N2NaOS. The van der Waals surface area contributed by atoms with Crippen molar-refractivity contribution in [2.24, 2.45) is 0 Å². The Kier molecular flexibility index (Phi) is 6.61. The molecule has 0 aliphatic carbocycles. The number of aromatic nitrogens is 2. The molecule has 1 aromatic rings. The molecule has 0 fully saturated rings. The quantitative estimate of drug-likeness (QED) is 0.519. The summed E-state index contributed by atoms with van der Waals surface area (Å²) >= 11 is 4.85. The van der Waals surface area contributed by atoms with Gasteiger partial charge in [0.25, 0.3) is 5.56 Å². The molecule has 1 aromatic heterocycles. The Hall–Kier alpha value is 0.1000. The predicted octanol–water partition coefficient (Wildman–Crippen LogP) is -0.800. The van der Waals surface area contributed by atoms with Gasteiger partial charge in [0.15, 0.2) is 4.77 Å². The largest absolute Gasteiger partial charge is 1.00 e. The molecule has 1 heterocycles. The van der Waals surface area contributed by atoms with E-state index in [1.54, 1.807) is 0 Å². The van der Waals surface area contributed by atoms with Crippen LogP contribution in [0, 0.1) is 11.7 Å². The van der Waals surface area contributed by atoms with Gasteiger partial charge in [-0.1, -0.05) is 13.3 Å². The maximum atomic E-state index is 11.4. The molecular weight excluding hydrogens is 207 g/mol. The van der Waals surface area contributed by atoms with Crippen molar-refractivity contribution in [3.63, 3.8) is 0 Å². The van der Waals surface area contributed by atoms with Gasteiger partial charge in [-0.25, -0.2) is 0 Å². The minimum absolute atomic E-state index is 0. The third kappa shape index (κ3) is 3.69. The van der Waals surface area contributed by atoms with Gasteiger partial charge in [0.2, 0.25) is 0 Å². The van der Waals surface area contributed by atoms with E-state index in [1.807, 2.05) is 6.92 Å². The second-order valence-electron chi connectivity index (χ2n) is 3.12. The fourth-order valence-electron chi connectivity index (χ4n) is 1.28. The van der Waals surface area contributed by atoms with E-state index < -0.39 is 0 Å². The van der Waals surface area contributed by atoms with Crippen molar-refractivity contribution in [1.82, 2.24) is 9.97 Å². The van der Waals surface area contributed by atoms with Gasteiger partial charge in [-0.05, 0) is 32.0 Å². The Balaban J connectivity index is 0. The molecule has 2 N–H and O–H groups in total. The summed E-state index contributed by atoms with van der Waals surface area (Å²) in [7, 11) is 0. The summed E-state index contributed by atoms with van der Waals surface area (Å²) in [5.41, 5.74) is 1.67. The predicted molar refractivity (Wildman–Crippen MR) is 56.7 cm³/mol. The van der Waals surface area contributed by atoms with Crippen LogP contribution in [0.1, 0.15) is 32.4 Å². The van der Waals surface area contributed by atoms with Crippen molar-refractivity contribution in [2.45, 2.75) is 33.1 Å². The first-order valence-corrected chi connectivity index (χ1v) is 4.88. The van der Waals surface area contributed by atoms with Crippen LogP contribution < -0.4 is 35.1 Å². The molecule has 1 rings (SSSR count). The van der Waals surface area contributed by atoms with E-state index in [1.165, 1.54) is 0 Å². The fourth-order valence-corrected chi connectivity index (χ4v) is 1.53. The van der Waals surface area contributed by atoms with Crippen LogP contribution in [0.4, 0.5) is 0 Å². The molecule has 0 saturated carbocycles. The van der Waals surface area contributed by atoms with Gasteiger partial charge in [-0.15, -0.1) is 0 Å². The SMILES string of the molecule is CCCCc1c(C)[nH]c(=S)[nH]c1=O.[H-].[Na+]. The molecule has 0 unspecified atom stereocenters. The number of aromatic amines is 2. The third-order valence-electron chi connectivity index (χ3n) is 2.04. The van der Waals surface area contributed by atoms with Crippen molar-refractivity contribution in [3.8, 4) is 0 Å². The Labute approximate surface area is 112 Å². The first-order valence-electron chi connectivity index (χ1n) is 4.47. The summed E-state index contributed by atoms with van der Waals surface area (Å²) in [6.45, 7) is 3.99. The average Bonchev–Trinajstić information content (AvgIpc) is 2.02. The average molecular weight is 222 g/mol. The van der Waals surface area contributed by atoms with E-state index in [9.17, 15) is 4.79 Å². The van der Waals surface area contributed by atoms with Crippen LogP contribution in [-0.2, 0) is 6.42 Å². The zero-order chi connectivity index (χ0) is 9.84. The smallest absolute Gasteiger partial charge is 1.00 e. The second kappa shape index (κ2) is 6.56. The topological polar surface area (TPSA) is 48.6 Å². The van der Waals surface area contributed by atoms with Crippen LogP contribution >= 0.6 is 12.2 Å². The van der Waals surface area contributed by atoms with E-state index in [2.05, 4.69) is 16.9 Å². The molecule has 0 atom stereocenters. The van der Waals surface area contributed by atoms with E-state index in [0.717, 1.165) is 30.5 Å². The van der Waals surface area contributed by atoms with Gasteiger partial charge >= 0.3 is 29.6 Å². The minimum atomic E-state index is -0.0466. The molecule has 3 nitrogen and oxygen atoms in total. The molecule has 14 heavy (non-hydrogen) atoms. The van der Waals surface area contributed by atoms with Crippen molar-refractivity contribution in [3.05, 3.63) is 26.4 Å². The van der Waals surface area contributed by atoms with Crippen LogP contribution in [0.3, 0.4) is 0 Å². The number of rotatable bonds is 3. The molecule has 0 bridgehead atoms. The monoisotopic (exact) mass is 222 g/mol. The van der Waals surface area contributed by atoms with Crippen LogP contribution in [0.25, 0.3) is 0 Å². The molecule has 0 saturated heterocycles. The molecule has 0 aliphatic heterocycles. The fraction of sp³-hybridized carbons (Fsp3) is 0.556.